The van der Waals surface area contributed by atoms with Crippen LogP contribution in [-0.4, -0.2) is 35.2 Å². The Morgan fingerprint density at radius 3 is 1.36 bits per heavy atom. The molecule has 0 amide bonds. The first-order valence-corrected chi connectivity index (χ1v) is 8.68. The van der Waals surface area contributed by atoms with Gasteiger partial charge in [0.05, 0.1) is 0 Å². The van der Waals surface area contributed by atoms with E-state index in [-0.39, 0.29) is 12.8 Å². The molecule has 0 aromatic rings. The number of rotatable bonds is 14. The SMILES string of the molecule is CCCCNCCCC.O=C(O)CCCCCCCC(=O)O. The van der Waals surface area contributed by atoms with E-state index in [2.05, 4.69) is 19.2 Å². The fraction of sp³-hybridized carbons (Fsp3) is 0.882. The Bertz CT molecular complexity index is 233. The number of carbonyl (C=O) groups is 2. The van der Waals surface area contributed by atoms with E-state index in [0.29, 0.717) is 12.8 Å². The van der Waals surface area contributed by atoms with Gasteiger partial charge in [-0.1, -0.05) is 46.0 Å². The van der Waals surface area contributed by atoms with Gasteiger partial charge in [-0.25, -0.2) is 0 Å². The predicted octanol–water partition coefficient (Wildman–Crippen LogP) is 4.06. The van der Waals surface area contributed by atoms with Crippen LogP contribution in [0.4, 0.5) is 0 Å². The van der Waals surface area contributed by atoms with E-state index in [1.165, 1.54) is 38.8 Å². The van der Waals surface area contributed by atoms with Crippen LogP contribution in [0.25, 0.3) is 0 Å². The van der Waals surface area contributed by atoms with Gasteiger partial charge in [-0.2, -0.15) is 0 Å². The van der Waals surface area contributed by atoms with Crippen LogP contribution in [0.5, 0.6) is 0 Å². The van der Waals surface area contributed by atoms with E-state index in [4.69, 9.17) is 10.2 Å². The Balaban J connectivity index is 0. The van der Waals surface area contributed by atoms with Crippen LogP contribution in [0.1, 0.15) is 84.5 Å². The molecule has 3 N–H and O–H groups in total. The molecule has 0 unspecified atom stereocenters. The Morgan fingerprint density at radius 1 is 0.682 bits per heavy atom. The summed E-state index contributed by atoms with van der Waals surface area (Å²) < 4.78 is 0. The first kappa shape index (κ1) is 23.2. The molecular weight excluding hydrogens is 282 g/mol. The molecule has 0 saturated heterocycles. The maximum absolute atomic E-state index is 10.1. The van der Waals surface area contributed by atoms with Gasteiger partial charge < -0.3 is 15.5 Å². The highest BCUT2D eigenvalue weighted by molar-refractivity contribution is 5.66. The molecule has 0 fully saturated rings. The zero-order chi connectivity index (χ0) is 17.1. The molecule has 0 aliphatic rings. The molecule has 0 atom stereocenters. The Labute approximate surface area is 135 Å². The second-order valence-electron chi connectivity index (χ2n) is 5.51. The van der Waals surface area contributed by atoms with Gasteiger partial charge in [-0.15, -0.1) is 0 Å². The molecule has 0 rings (SSSR count). The number of carboxylic acid groups (broad SMARTS) is 2. The second kappa shape index (κ2) is 19.9. The first-order valence-electron chi connectivity index (χ1n) is 8.68. The predicted molar refractivity (Wildman–Crippen MR) is 90.3 cm³/mol. The van der Waals surface area contributed by atoms with Gasteiger partial charge in [0.25, 0.3) is 0 Å². The smallest absolute Gasteiger partial charge is 0.303 e. The van der Waals surface area contributed by atoms with Gasteiger partial charge in [0.2, 0.25) is 0 Å². The van der Waals surface area contributed by atoms with Gasteiger partial charge in [-0.3, -0.25) is 9.59 Å². The molecule has 0 bridgehead atoms. The second-order valence-corrected chi connectivity index (χ2v) is 5.51. The lowest BCUT2D eigenvalue weighted by atomic mass is 10.1. The summed E-state index contributed by atoms with van der Waals surface area (Å²) in [6, 6.07) is 0. The van der Waals surface area contributed by atoms with Crippen molar-refractivity contribution in [2.24, 2.45) is 0 Å². The third-order valence-electron chi connectivity index (χ3n) is 3.20. The molecule has 0 saturated carbocycles. The summed E-state index contributed by atoms with van der Waals surface area (Å²) in [7, 11) is 0. The maximum Gasteiger partial charge on any atom is 0.303 e. The summed E-state index contributed by atoms with van der Waals surface area (Å²) in [5.74, 6) is -1.52. The number of aliphatic carboxylic acids is 2. The third kappa shape index (κ3) is 27.3. The maximum atomic E-state index is 10.1. The van der Waals surface area contributed by atoms with Gasteiger partial charge in [0.1, 0.15) is 0 Å². The standard InChI is InChI=1S/C9H16O4.C8H19N/c10-8(11)6-4-2-1-3-5-7-9(12)13;1-3-5-7-9-8-6-4-2/h1-7H2,(H,10,11)(H,12,13);9H,3-8H2,1-2H3. The molecule has 5 heteroatoms. The summed E-state index contributed by atoms with van der Waals surface area (Å²) in [4.78, 5) is 20.2. The van der Waals surface area contributed by atoms with E-state index in [0.717, 1.165) is 19.3 Å². The average molecular weight is 317 g/mol. The summed E-state index contributed by atoms with van der Waals surface area (Å²) in [6.07, 6.45) is 9.78. The fourth-order valence-corrected chi connectivity index (χ4v) is 1.81. The van der Waals surface area contributed by atoms with Crippen molar-refractivity contribution in [3.63, 3.8) is 0 Å². The van der Waals surface area contributed by atoms with E-state index >= 15 is 0 Å². The first-order chi connectivity index (χ1) is 10.5. The van der Waals surface area contributed by atoms with Crippen molar-refractivity contribution in [1.29, 1.82) is 0 Å². The summed E-state index contributed by atoms with van der Waals surface area (Å²) in [5, 5.41) is 20.0. The van der Waals surface area contributed by atoms with Crippen LogP contribution in [0, 0.1) is 0 Å². The van der Waals surface area contributed by atoms with E-state index in [1.807, 2.05) is 0 Å². The highest BCUT2D eigenvalue weighted by Crippen LogP contribution is 2.06. The normalized spacial score (nSPS) is 9.91. The van der Waals surface area contributed by atoms with Crippen LogP contribution >= 0.6 is 0 Å². The average Bonchev–Trinajstić information content (AvgIpc) is 2.46. The summed E-state index contributed by atoms with van der Waals surface area (Å²) in [5.41, 5.74) is 0. The third-order valence-corrected chi connectivity index (χ3v) is 3.20. The number of carboxylic acids is 2. The van der Waals surface area contributed by atoms with Crippen LogP contribution < -0.4 is 5.32 Å². The molecule has 0 spiro atoms. The van der Waals surface area contributed by atoms with Crippen LogP contribution in [-0.2, 0) is 9.59 Å². The van der Waals surface area contributed by atoms with Gasteiger partial charge >= 0.3 is 11.9 Å². The number of hydrogen-bond acceptors (Lipinski definition) is 3. The molecule has 0 aromatic carbocycles. The minimum absolute atomic E-state index is 0.221. The number of hydrogen-bond donors (Lipinski definition) is 3. The minimum Gasteiger partial charge on any atom is -0.481 e. The molecule has 22 heavy (non-hydrogen) atoms. The quantitative estimate of drug-likeness (QED) is 0.421. The Morgan fingerprint density at radius 2 is 1.05 bits per heavy atom. The zero-order valence-corrected chi connectivity index (χ0v) is 14.4. The van der Waals surface area contributed by atoms with E-state index in [1.54, 1.807) is 0 Å². The number of unbranched alkanes of at least 4 members (excludes halogenated alkanes) is 6. The van der Waals surface area contributed by atoms with Crippen molar-refractivity contribution in [1.82, 2.24) is 5.32 Å². The topological polar surface area (TPSA) is 86.6 Å². The molecule has 0 aliphatic heterocycles. The van der Waals surface area contributed by atoms with Crippen LogP contribution in [0.2, 0.25) is 0 Å². The molecule has 0 aliphatic carbocycles. The lowest BCUT2D eigenvalue weighted by Crippen LogP contribution is -2.15. The van der Waals surface area contributed by atoms with Crippen molar-refractivity contribution in [2.75, 3.05) is 13.1 Å². The molecular formula is C17H35NO4. The number of nitrogens with one attached hydrogen (secondary N) is 1. The molecule has 5 nitrogen and oxygen atoms in total. The lowest BCUT2D eigenvalue weighted by Gasteiger charge is -1.99. The van der Waals surface area contributed by atoms with Crippen molar-refractivity contribution < 1.29 is 19.8 Å². The Kier molecular flexibility index (Phi) is 21.0. The van der Waals surface area contributed by atoms with Gasteiger partial charge in [-0.05, 0) is 38.8 Å². The van der Waals surface area contributed by atoms with Crippen molar-refractivity contribution in [3.8, 4) is 0 Å². The van der Waals surface area contributed by atoms with Crippen molar-refractivity contribution in [2.45, 2.75) is 84.5 Å². The largest absolute Gasteiger partial charge is 0.481 e. The highest BCUT2D eigenvalue weighted by Gasteiger charge is 1.98. The molecule has 0 radical (unpaired) electrons. The van der Waals surface area contributed by atoms with Crippen molar-refractivity contribution in [3.05, 3.63) is 0 Å². The lowest BCUT2D eigenvalue weighted by molar-refractivity contribution is -0.138. The monoisotopic (exact) mass is 317 g/mol. The van der Waals surface area contributed by atoms with E-state index in [9.17, 15) is 9.59 Å². The fourth-order valence-electron chi connectivity index (χ4n) is 1.81. The molecule has 0 heterocycles. The van der Waals surface area contributed by atoms with Crippen molar-refractivity contribution >= 4 is 11.9 Å². The van der Waals surface area contributed by atoms with Gasteiger partial charge in [0.15, 0.2) is 0 Å². The Hall–Kier alpha value is -1.10. The van der Waals surface area contributed by atoms with Crippen LogP contribution in [0.15, 0.2) is 0 Å². The molecule has 132 valence electrons. The van der Waals surface area contributed by atoms with Gasteiger partial charge in [0, 0.05) is 12.8 Å². The zero-order valence-electron chi connectivity index (χ0n) is 14.4. The van der Waals surface area contributed by atoms with E-state index < -0.39 is 11.9 Å². The summed E-state index contributed by atoms with van der Waals surface area (Å²) >= 11 is 0. The minimum atomic E-state index is -0.759. The molecule has 0 aromatic heterocycles. The highest BCUT2D eigenvalue weighted by atomic mass is 16.4. The van der Waals surface area contributed by atoms with Crippen LogP contribution in [0.3, 0.4) is 0 Å². The summed E-state index contributed by atoms with van der Waals surface area (Å²) in [6.45, 7) is 6.86.